The number of fused-ring (bicyclic) bond motifs is 1. The Morgan fingerprint density at radius 1 is 1.41 bits per heavy atom. The zero-order valence-electron chi connectivity index (χ0n) is 9.77. The smallest absolute Gasteiger partial charge is 0.356 e. The van der Waals surface area contributed by atoms with Crippen LogP contribution in [0.3, 0.4) is 0 Å². The molecule has 0 radical (unpaired) electrons. The van der Waals surface area contributed by atoms with E-state index in [0.29, 0.717) is 12.3 Å². The van der Waals surface area contributed by atoms with Crippen molar-refractivity contribution in [3.8, 4) is 5.75 Å². The highest BCUT2D eigenvalue weighted by Gasteiger charge is 2.10. The minimum absolute atomic E-state index is 0.295. The van der Waals surface area contributed by atoms with Gasteiger partial charge in [0, 0.05) is 17.0 Å². The summed E-state index contributed by atoms with van der Waals surface area (Å²) in [4.78, 5) is 15.6. The topological polar surface area (TPSA) is 48.4 Å². The number of ether oxygens (including phenoxy) is 2. The lowest BCUT2D eigenvalue weighted by atomic mass is 10.1. The van der Waals surface area contributed by atoms with E-state index in [4.69, 9.17) is 9.47 Å². The van der Waals surface area contributed by atoms with Gasteiger partial charge in [0.25, 0.3) is 0 Å². The molecule has 2 aromatic rings. The van der Waals surface area contributed by atoms with Crippen molar-refractivity contribution in [2.75, 3.05) is 13.7 Å². The molecule has 88 valence electrons. The minimum Gasteiger partial charge on any atom is -0.496 e. The molecule has 0 aliphatic rings. The number of pyridine rings is 1. The Bertz CT molecular complexity index is 551. The summed E-state index contributed by atoms with van der Waals surface area (Å²) in [7, 11) is 1.60. The highest BCUT2D eigenvalue weighted by atomic mass is 16.5. The van der Waals surface area contributed by atoms with Gasteiger partial charge in [-0.05, 0) is 19.1 Å². The molecule has 17 heavy (non-hydrogen) atoms. The van der Waals surface area contributed by atoms with Crippen LogP contribution in [0, 0.1) is 0 Å². The summed E-state index contributed by atoms with van der Waals surface area (Å²) in [5.74, 6) is 0.302. The molecule has 0 N–H and O–H groups in total. The molecule has 0 bridgehead atoms. The van der Waals surface area contributed by atoms with Crippen molar-refractivity contribution < 1.29 is 14.3 Å². The van der Waals surface area contributed by atoms with Gasteiger partial charge in [0.15, 0.2) is 0 Å². The van der Waals surface area contributed by atoms with Crippen LogP contribution < -0.4 is 4.74 Å². The Hall–Kier alpha value is -2.10. The SMILES string of the molecule is CCOC(=O)c1cc2c(OC)cccc2cn1. The number of carbonyl (C=O) groups is 1. The van der Waals surface area contributed by atoms with Crippen molar-refractivity contribution >= 4 is 16.7 Å². The van der Waals surface area contributed by atoms with E-state index in [2.05, 4.69) is 4.98 Å². The summed E-state index contributed by atoms with van der Waals surface area (Å²) in [6, 6.07) is 7.33. The molecule has 0 saturated carbocycles. The first-order chi connectivity index (χ1) is 8.26. The first-order valence-corrected chi connectivity index (χ1v) is 5.36. The molecule has 2 rings (SSSR count). The van der Waals surface area contributed by atoms with Gasteiger partial charge in [-0.3, -0.25) is 0 Å². The summed E-state index contributed by atoms with van der Waals surface area (Å²) >= 11 is 0. The van der Waals surface area contributed by atoms with Crippen LogP contribution in [0.2, 0.25) is 0 Å². The molecule has 0 unspecified atom stereocenters. The number of benzene rings is 1. The summed E-state index contributed by atoms with van der Waals surface area (Å²) in [6.07, 6.45) is 1.64. The van der Waals surface area contributed by atoms with Gasteiger partial charge in [0.2, 0.25) is 0 Å². The molecule has 0 atom stereocenters. The molecule has 0 spiro atoms. The summed E-state index contributed by atoms with van der Waals surface area (Å²) in [6.45, 7) is 2.10. The molecular weight excluding hydrogens is 218 g/mol. The third kappa shape index (κ3) is 2.20. The van der Waals surface area contributed by atoms with Crippen molar-refractivity contribution in [2.24, 2.45) is 0 Å². The maximum absolute atomic E-state index is 11.6. The highest BCUT2D eigenvalue weighted by molar-refractivity contribution is 5.95. The molecule has 4 nitrogen and oxygen atoms in total. The predicted octanol–water partition coefficient (Wildman–Crippen LogP) is 2.42. The van der Waals surface area contributed by atoms with E-state index in [1.54, 1.807) is 26.3 Å². The lowest BCUT2D eigenvalue weighted by Crippen LogP contribution is -2.06. The summed E-state index contributed by atoms with van der Waals surface area (Å²) in [5, 5.41) is 1.78. The van der Waals surface area contributed by atoms with Gasteiger partial charge < -0.3 is 9.47 Å². The van der Waals surface area contributed by atoms with Crippen LogP contribution in [0.25, 0.3) is 10.8 Å². The molecule has 0 fully saturated rings. The Morgan fingerprint density at radius 2 is 2.24 bits per heavy atom. The number of methoxy groups -OCH3 is 1. The molecule has 0 amide bonds. The highest BCUT2D eigenvalue weighted by Crippen LogP contribution is 2.25. The maximum Gasteiger partial charge on any atom is 0.356 e. The zero-order valence-corrected chi connectivity index (χ0v) is 9.77. The number of rotatable bonds is 3. The van der Waals surface area contributed by atoms with Crippen molar-refractivity contribution in [3.05, 3.63) is 36.2 Å². The van der Waals surface area contributed by atoms with Crippen LogP contribution >= 0.6 is 0 Å². The molecule has 4 heteroatoms. The summed E-state index contributed by atoms with van der Waals surface area (Å²) < 4.78 is 10.2. The van der Waals surface area contributed by atoms with Crippen molar-refractivity contribution in [1.29, 1.82) is 0 Å². The Labute approximate surface area is 99.2 Å². The molecule has 1 aromatic carbocycles. The molecule has 0 saturated heterocycles. The number of aromatic nitrogens is 1. The van der Waals surface area contributed by atoms with E-state index in [0.717, 1.165) is 16.5 Å². The second-order valence-electron chi connectivity index (χ2n) is 3.47. The average molecular weight is 231 g/mol. The van der Waals surface area contributed by atoms with Gasteiger partial charge >= 0.3 is 5.97 Å². The number of esters is 1. The van der Waals surface area contributed by atoms with E-state index in [-0.39, 0.29) is 0 Å². The normalized spacial score (nSPS) is 10.2. The van der Waals surface area contributed by atoms with Crippen molar-refractivity contribution in [2.45, 2.75) is 6.92 Å². The van der Waals surface area contributed by atoms with E-state index in [1.165, 1.54) is 0 Å². The summed E-state index contributed by atoms with van der Waals surface area (Å²) in [5.41, 5.74) is 0.295. The number of carbonyl (C=O) groups excluding carboxylic acids is 1. The molecule has 1 aromatic heterocycles. The lowest BCUT2D eigenvalue weighted by molar-refractivity contribution is 0.0520. The first kappa shape index (κ1) is 11.4. The Balaban J connectivity index is 2.52. The van der Waals surface area contributed by atoms with E-state index in [1.807, 2.05) is 18.2 Å². The van der Waals surface area contributed by atoms with E-state index < -0.39 is 5.97 Å². The van der Waals surface area contributed by atoms with Gasteiger partial charge in [0.05, 0.1) is 13.7 Å². The fourth-order valence-corrected chi connectivity index (χ4v) is 1.64. The monoisotopic (exact) mass is 231 g/mol. The largest absolute Gasteiger partial charge is 0.496 e. The number of hydrogen-bond acceptors (Lipinski definition) is 4. The lowest BCUT2D eigenvalue weighted by Gasteiger charge is -2.06. The number of nitrogens with zero attached hydrogens (tertiary/aromatic N) is 1. The predicted molar refractivity (Wildman–Crippen MR) is 64.3 cm³/mol. The van der Waals surface area contributed by atoms with Gasteiger partial charge in [-0.25, -0.2) is 9.78 Å². The van der Waals surface area contributed by atoms with Crippen LogP contribution in [0.5, 0.6) is 5.75 Å². The fraction of sp³-hybridized carbons (Fsp3) is 0.231. The molecule has 0 aliphatic heterocycles. The fourth-order valence-electron chi connectivity index (χ4n) is 1.64. The van der Waals surface area contributed by atoms with E-state index >= 15 is 0 Å². The van der Waals surface area contributed by atoms with E-state index in [9.17, 15) is 4.79 Å². The quantitative estimate of drug-likeness (QED) is 0.761. The van der Waals surface area contributed by atoms with Gasteiger partial charge in [-0.15, -0.1) is 0 Å². The number of hydrogen-bond donors (Lipinski definition) is 0. The first-order valence-electron chi connectivity index (χ1n) is 5.36. The van der Waals surface area contributed by atoms with Crippen LogP contribution in [0.1, 0.15) is 17.4 Å². The third-order valence-electron chi connectivity index (χ3n) is 2.43. The van der Waals surface area contributed by atoms with Crippen molar-refractivity contribution in [3.63, 3.8) is 0 Å². The van der Waals surface area contributed by atoms with Crippen LogP contribution in [0.15, 0.2) is 30.5 Å². The molecule has 1 heterocycles. The molecule has 0 aliphatic carbocycles. The van der Waals surface area contributed by atoms with Crippen molar-refractivity contribution in [1.82, 2.24) is 4.98 Å². The Morgan fingerprint density at radius 3 is 2.94 bits per heavy atom. The minimum atomic E-state index is -0.416. The zero-order chi connectivity index (χ0) is 12.3. The second-order valence-corrected chi connectivity index (χ2v) is 3.47. The third-order valence-corrected chi connectivity index (χ3v) is 2.43. The van der Waals surface area contributed by atoms with Gasteiger partial charge in [0.1, 0.15) is 11.4 Å². The van der Waals surface area contributed by atoms with Crippen LogP contribution in [-0.2, 0) is 4.74 Å². The van der Waals surface area contributed by atoms with Crippen LogP contribution in [-0.4, -0.2) is 24.7 Å². The standard InChI is InChI=1S/C13H13NO3/c1-3-17-13(15)11-7-10-9(8-14-11)5-4-6-12(10)16-2/h4-8H,3H2,1-2H3. The molecular formula is C13H13NO3. The Kier molecular flexibility index (Phi) is 3.23. The van der Waals surface area contributed by atoms with Gasteiger partial charge in [-0.2, -0.15) is 0 Å². The second kappa shape index (κ2) is 4.82. The van der Waals surface area contributed by atoms with Crippen LogP contribution in [0.4, 0.5) is 0 Å². The maximum atomic E-state index is 11.6. The average Bonchev–Trinajstić information content (AvgIpc) is 2.37. The van der Waals surface area contributed by atoms with Gasteiger partial charge in [-0.1, -0.05) is 12.1 Å².